The fourth-order valence-electron chi connectivity index (χ4n) is 2.56. The number of anilines is 3. The summed E-state index contributed by atoms with van der Waals surface area (Å²) in [4.78, 5) is 13.8. The Morgan fingerprint density at radius 2 is 2.00 bits per heavy atom. The van der Waals surface area contributed by atoms with Crippen molar-refractivity contribution in [2.45, 2.75) is 13.3 Å². The second-order valence-corrected chi connectivity index (χ2v) is 6.36. The van der Waals surface area contributed by atoms with E-state index in [0.29, 0.717) is 5.95 Å². The Balaban J connectivity index is 1.81. The molecule has 0 saturated carbocycles. The molecule has 1 aromatic carbocycles. The molecule has 3 aromatic heterocycles. The molecule has 0 saturated heterocycles. The Kier molecular flexibility index (Phi) is 4.30. The van der Waals surface area contributed by atoms with E-state index in [0.717, 1.165) is 41.3 Å². The summed E-state index contributed by atoms with van der Waals surface area (Å²) in [6, 6.07) is 12.0. The smallest absolute Gasteiger partial charge is 0.231 e. The Labute approximate surface area is 149 Å². The zero-order valence-electron chi connectivity index (χ0n) is 13.8. The molecule has 126 valence electrons. The zero-order chi connectivity index (χ0) is 17.1. The fraction of sp³-hybridized carbons (Fsp3) is 0.167. The summed E-state index contributed by atoms with van der Waals surface area (Å²) in [5.41, 5.74) is 3.56. The number of fused-ring (bicyclic) bond motifs is 1. The molecule has 0 atom stereocenters. The lowest BCUT2D eigenvalue weighted by molar-refractivity contribution is 0.969. The van der Waals surface area contributed by atoms with Gasteiger partial charge in [0.2, 0.25) is 5.95 Å². The molecule has 2 N–H and O–H groups in total. The van der Waals surface area contributed by atoms with Crippen LogP contribution in [0, 0.1) is 0 Å². The fourth-order valence-corrected chi connectivity index (χ4v) is 3.18. The van der Waals surface area contributed by atoms with Gasteiger partial charge in [-0.1, -0.05) is 25.1 Å². The van der Waals surface area contributed by atoms with Crippen LogP contribution in [0.3, 0.4) is 0 Å². The predicted molar refractivity (Wildman–Crippen MR) is 103 cm³/mol. The lowest BCUT2D eigenvalue weighted by Crippen LogP contribution is -2.07. The normalized spacial score (nSPS) is 10.9. The average Bonchev–Trinajstić information content (AvgIpc) is 3.29. The van der Waals surface area contributed by atoms with Crippen molar-refractivity contribution < 1.29 is 0 Å². The van der Waals surface area contributed by atoms with Crippen molar-refractivity contribution in [1.29, 1.82) is 0 Å². The first-order chi connectivity index (χ1) is 12.3. The van der Waals surface area contributed by atoms with E-state index < -0.39 is 0 Å². The van der Waals surface area contributed by atoms with Crippen LogP contribution in [0.2, 0.25) is 0 Å². The van der Waals surface area contributed by atoms with Crippen LogP contribution in [-0.2, 0) is 0 Å². The third kappa shape index (κ3) is 3.18. The summed E-state index contributed by atoms with van der Waals surface area (Å²) in [7, 11) is 0. The number of para-hydroxylation sites is 1. The molecule has 3 heterocycles. The Hall–Kier alpha value is -2.93. The lowest BCUT2D eigenvalue weighted by Gasteiger charge is -2.10. The van der Waals surface area contributed by atoms with E-state index >= 15 is 0 Å². The second-order valence-electron chi connectivity index (χ2n) is 5.58. The van der Waals surface area contributed by atoms with Gasteiger partial charge in [0.05, 0.1) is 5.69 Å². The maximum Gasteiger partial charge on any atom is 0.231 e. The molecule has 7 heteroatoms. The quantitative estimate of drug-likeness (QED) is 0.538. The average molecular weight is 350 g/mol. The van der Waals surface area contributed by atoms with Crippen LogP contribution in [0.25, 0.3) is 16.9 Å². The minimum Gasteiger partial charge on any atom is -0.368 e. The summed E-state index contributed by atoms with van der Waals surface area (Å²) < 4.78 is 1.99. The Morgan fingerprint density at radius 1 is 1.12 bits per heavy atom. The van der Waals surface area contributed by atoms with Crippen LogP contribution in [0.1, 0.15) is 13.3 Å². The van der Waals surface area contributed by atoms with Crippen LogP contribution in [0.5, 0.6) is 0 Å². The van der Waals surface area contributed by atoms with Gasteiger partial charge in [-0.05, 0) is 30.0 Å². The molecule has 0 spiro atoms. The van der Waals surface area contributed by atoms with E-state index in [1.54, 1.807) is 17.7 Å². The molecule has 0 unspecified atom stereocenters. The lowest BCUT2D eigenvalue weighted by atomic mass is 10.3. The molecule has 4 rings (SSSR count). The van der Waals surface area contributed by atoms with Crippen molar-refractivity contribution in [2.24, 2.45) is 0 Å². The summed E-state index contributed by atoms with van der Waals surface area (Å²) in [6.45, 7) is 2.96. The molecule has 0 aliphatic rings. The van der Waals surface area contributed by atoms with Crippen molar-refractivity contribution in [3.8, 4) is 5.69 Å². The number of benzene rings is 1. The summed E-state index contributed by atoms with van der Waals surface area (Å²) in [5.74, 6) is 1.30. The third-order valence-corrected chi connectivity index (χ3v) is 4.42. The summed E-state index contributed by atoms with van der Waals surface area (Å²) in [5, 5.41) is 10.8. The van der Waals surface area contributed by atoms with E-state index in [-0.39, 0.29) is 0 Å². The van der Waals surface area contributed by atoms with E-state index in [1.807, 2.05) is 40.3 Å². The van der Waals surface area contributed by atoms with Gasteiger partial charge in [0, 0.05) is 17.6 Å². The highest BCUT2D eigenvalue weighted by Crippen LogP contribution is 2.25. The standard InChI is InChI=1S/C18H18N6S/c1-2-9-19-16-15-17(24(12-20-15)14-8-10-25-11-14)23-18(22-16)21-13-6-4-3-5-7-13/h3-8,10-12H,2,9H2,1H3,(H2,19,21,22,23). The van der Waals surface area contributed by atoms with Crippen molar-refractivity contribution in [3.63, 3.8) is 0 Å². The van der Waals surface area contributed by atoms with Gasteiger partial charge in [-0.15, -0.1) is 0 Å². The van der Waals surface area contributed by atoms with Crippen LogP contribution in [-0.4, -0.2) is 26.1 Å². The van der Waals surface area contributed by atoms with Gasteiger partial charge in [-0.25, -0.2) is 4.98 Å². The molecule has 4 aromatic rings. The maximum atomic E-state index is 4.70. The number of hydrogen-bond acceptors (Lipinski definition) is 6. The van der Waals surface area contributed by atoms with E-state index in [9.17, 15) is 0 Å². The van der Waals surface area contributed by atoms with Gasteiger partial charge < -0.3 is 10.6 Å². The van der Waals surface area contributed by atoms with E-state index in [4.69, 9.17) is 4.98 Å². The number of hydrogen-bond donors (Lipinski definition) is 2. The molecule has 0 amide bonds. The first kappa shape index (κ1) is 15.6. The molecule has 0 radical (unpaired) electrons. The van der Waals surface area contributed by atoms with Crippen molar-refractivity contribution in [3.05, 3.63) is 53.5 Å². The van der Waals surface area contributed by atoms with E-state index in [1.165, 1.54) is 0 Å². The molecule has 0 aliphatic heterocycles. The topological polar surface area (TPSA) is 67.7 Å². The first-order valence-electron chi connectivity index (χ1n) is 8.19. The summed E-state index contributed by atoms with van der Waals surface area (Å²) in [6.07, 6.45) is 2.81. The number of rotatable bonds is 6. The minimum absolute atomic E-state index is 0.550. The van der Waals surface area contributed by atoms with Crippen LogP contribution >= 0.6 is 11.3 Å². The largest absolute Gasteiger partial charge is 0.368 e. The SMILES string of the molecule is CCCNc1nc(Nc2ccccc2)nc2c1ncn2-c1ccsc1. The van der Waals surface area contributed by atoms with E-state index in [2.05, 4.69) is 39.0 Å². The minimum atomic E-state index is 0.550. The van der Waals surface area contributed by atoms with Crippen LogP contribution in [0.15, 0.2) is 53.5 Å². The maximum absolute atomic E-state index is 4.70. The van der Waals surface area contributed by atoms with Gasteiger partial charge in [-0.3, -0.25) is 4.57 Å². The van der Waals surface area contributed by atoms with Gasteiger partial charge in [0.15, 0.2) is 17.0 Å². The first-order valence-corrected chi connectivity index (χ1v) is 9.13. The highest BCUT2D eigenvalue weighted by atomic mass is 32.1. The van der Waals surface area contributed by atoms with Gasteiger partial charge in [-0.2, -0.15) is 21.3 Å². The van der Waals surface area contributed by atoms with Crippen molar-refractivity contribution >= 4 is 40.0 Å². The van der Waals surface area contributed by atoms with Crippen LogP contribution < -0.4 is 10.6 Å². The Bertz CT molecular complexity index is 962. The molecule has 0 aliphatic carbocycles. The summed E-state index contributed by atoms with van der Waals surface area (Å²) >= 11 is 1.65. The number of imidazole rings is 1. The molecular weight excluding hydrogens is 332 g/mol. The Morgan fingerprint density at radius 3 is 2.76 bits per heavy atom. The highest BCUT2D eigenvalue weighted by molar-refractivity contribution is 7.08. The van der Waals surface area contributed by atoms with Crippen LogP contribution in [0.4, 0.5) is 17.5 Å². The molecule has 6 nitrogen and oxygen atoms in total. The molecule has 0 bridgehead atoms. The highest BCUT2D eigenvalue weighted by Gasteiger charge is 2.14. The molecule has 25 heavy (non-hydrogen) atoms. The van der Waals surface area contributed by atoms with Crippen molar-refractivity contribution in [1.82, 2.24) is 19.5 Å². The number of thiophene rings is 1. The predicted octanol–water partition coefficient (Wildman–Crippen LogP) is 4.44. The number of aromatic nitrogens is 4. The molecular formula is C18H18N6S. The van der Waals surface area contributed by atoms with Crippen molar-refractivity contribution in [2.75, 3.05) is 17.2 Å². The third-order valence-electron chi connectivity index (χ3n) is 3.75. The molecule has 0 fully saturated rings. The number of nitrogens with one attached hydrogen (secondary N) is 2. The monoisotopic (exact) mass is 350 g/mol. The second kappa shape index (κ2) is 6.90. The number of nitrogens with zero attached hydrogens (tertiary/aromatic N) is 4. The van der Waals surface area contributed by atoms with Gasteiger partial charge in [0.1, 0.15) is 6.33 Å². The van der Waals surface area contributed by atoms with Gasteiger partial charge in [0.25, 0.3) is 0 Å². The van der Waals surface area contributed by atoms with Gasteiger partial charge >= 0.3 is 0 Å². The zero-order valence-corrected chi connectivity index (χ0v) is 14.6.